The van der Waals surface area contributed by atoms with Gasteiger partial charge in [-0.2, -0.15) is 0 Å². The molecule has 0 unspecified atom stereocenters. The number of aromatic nitrogens is 3. The molecule has 0 atom stereocenters. The minimum Gasteiger partial charge on any atom is -0.359 e. The molecule has 4 aromatic rings. The highest BCUT2D eigenvalue weighted by molar-refractivity contribution is 7.22. The van der Waals surface area contributed by atoms with Crippen molar-refractivity contribution in [1.29, 1.82) is 0 Å². The van der Waals surface area contributed by atoms with Crippen LogP contribution in [0.25, 0.3) is 27.2 Å². The van der Waals surface area contributed by atoms with Gasteiger partial charge in [0.15, 0.2) is 5.13 Å². The Morgan fingerprint density at radius 3 is 2.92 bits per heavy atom. The smallest absolute Gasteiger partial charge is 0.321 e. The maximum atomic E-state index is 11.6. The first-order valence-corrected chi connectivity index (χ1v) is 8.82. The van der Waals surface area contributed by atoms with Gasteiger partial charge in [0.25, 0.3) is 0 Å². The van der Waals surface area contributed by atoms with E-state index in [-0.39, 0.29) is 6.03 Å². The van der Waals surface area contributed by atoms with Gasteiger partial charge in [0.2, 0.25) is 0 Å². The summed E-state index contributed by atoms with van der Waals surface area (Å²) >= 11 is 1.46. The Morgan fingerprint density at radius 2 is 2.12 bits per heavy atom. The number of rotatable bonds is 4. The molecule has 0 saturated carbocycles. The molecule has 126 valence electrons. The summed E-state index contributed by atoms with van der Waals surface area (Å²) < 4.78 is 3.08. The van der Waals surface area contributed by atoms with Crippen molar-refractivity contribution in [3.63, 3.8) is 0 Å². The Kier molecular flexibility index (Phi) is 3.99. The van der Waals surface area contributed by atoms with Gasteiger partial charge in [0, 0.05) is 30.8 Å². The highest BCUT2D eigenvalue weighted by Crippen LogP contribution is 2.30. The number of anilines is 1. The number of nitrogens with zero attached hydrogens (tertiary/aromatic N) is 2. The monoisotopic (exact) mass is 351 g/mol. The minimum atomic E-state index is -0.234. The number of hydrogen-bond donors (Lipinski definition) is 3. The molecule has 3 N–H and O–H groups in total. The Morgan fingerprint density at radius 1 is 1.28 bits per heavy atom. The summed E-state index contributed by atoms with van der Waals surface area (Å²) in [5.74, 6) is 0. The number of aromatic amines is 1. The van der Waals surface area contributed by atoms with E-state index in [0.29, 0.717) is 11.7 Å². The molecule has 2 amide bonds. The second kappa shape index (κ2) is 6.45. The van der Waals surface area contributed by atoms with E-state index < -0.39 is 0 Å². The quantitative estimate of drug-likeness (QED) is 0.515. The molecule has 0 aliphatic carbocycles. The number of urea groups is 1. The van der Waals surface area contributed by atoms with Crippen LogP contribution in [-0.4, -0.2) is 27.1 Å². The Labute approximate surface area is 148 Å². The molecule has 0 saturated heterocycles. The summed E-state index contributed by atoms with van der Waals surface area (Å²) in [6.45, 7) is 2.46. The van der Waals surface area contributed by atoms with Crippen LogP contribution in [-0.2, 0) is 0 Å². The molecule has 0 fully saturated rings. The van der Waals surface area contributed by atoms with Gasteiger partial charge < -0.3 is 14.9 Å². The molecule has 1 aromatic carbocycles. The number of amides is 2. The number of nitrogens with one attached hydrogen (secondary N) is 3. The highest BCUT2D eigenvalue weighted by atomic mass is 32.1. The van der Waals surface area contributed by atoms with E-state index in [0.717, 1.165) is 27.2 Å². The third kappa shape index (κ3) is 3.14. The summed E-state index contributed by atoms with van der Waals surface area (Å²) in [6, 6.07) is 12.0. The largest absolute Gasteiger partial charge is 0.359 e. The van der Waals surface area contributed by atoms with Crippen molar-refractivity contribution < 1.29 is 4.79 Å². The van der Waals surface area contributed by atoms with Crippen LogP contribution in [0.1, 0.15) is 6.92 Å². The van der Waals surface area contributed by atoms with Crippen LogP contribution < -0.4 is 10.6 Å². The van der Waals surface area contributed by atoms with Crippen molar-refractivity contribution in [1.82, 2.24) is 19.9 Å². The Hall–Kier alpha value is -3.06. The van der Waals surface area contributed by atoms with Gasteiger partial charge in [0.05, 0.1) is 15.9 Å². The van der Waals surface area contributed by atoms with Crippen molar-refractivity contribution in [3.05, 3.63) is 55.0 Å². The van der Waals surface area contributed by atoms with E-state index in [9.17, 15) is 4.79 Å². The zero-order valence-corrected chi connectivity index (χ0v) is 14.4. The number of H-pyrrole nitrogens is 1. The van der Waals surface area contributed by atoms with Crippen molar-refractivity contribution >= 4 is 32.7 Å². The maximum Gasteiger partial charge on any atom is 0.321 e. The van der Waals surface area contributed by atoms with Gasteiger partial charge in [-0.3, -0.25) is 5.32 Å². The molecule has 3 heterocycles. The summed E-state index contributed by atoms with van der Waals surface area (Å²) in [5.41, 5.74) is 4.08. The van der Waals surface area contributed by atoms with Crippen molar-refractivity contribution in [2.45, 2.75) is 6.92 Å². The fourth-order valence-electron chi connectivity index (χ4n) is 2.65. The number of carbonyl (C=O) groups is 1. The molecule has 0 bridgehead atoms. The Bertz CT molecular complexity index is 1020. The first kappa shape index (κ1) is 15.5. The number of thiazole rings is 1. The van der Waals surface area contributed by atoms with Crippen molar-refractivity contribution in [2.75, 3.05) is 11.9 Å². The van der Waals surface area contributed by atoms with E-state index >= 15 is 0 Å². The molecular weight excluding hydrogens is 334 g/mol. The van der Waals surface area contributed by atoms with E-state index in [4.69, 9.17) is 0 Å². The normalized spacial score (nSPS) is 10.9. The van der Waals surface area contributed by atoms with Crippen LogP contribution in [0.2, 0.25) is 0 Å². The lowest BCUT2D eigenvalue weighted by Gasteiger charge is -2.00. The number of fused-ring (bicyclic) bond motifs is 1. The molecule has 6 nitrogen and oxygen atoms in total. The zero-order valence-electron chi connectivity index (χ0n) is 13.6. The average Bonchev–Trinajstić information content (AvgIpc) is 3.33. The third-order valence-corrected chi connectivity index (χ3v) is 4.76. The fourth-order valence-corrected chi connectivity index (χ4v) is 3.55. The topological polar surface area (TPSA) is 74.7 Å². The molecule has 7 heteroatoms. The zero-order chi connectivity index (χ0) is 17.2. The lowest BCUT2D eigenvalue weighted by molar-refractivity contribution is 0.252. The van der Waals surface area contributed by atoms with Crippen LogP contribution in [0.3, 0.4) is 0 Å². The molecule has 4 rings (SSSR count). The predicted molar refractivity (Wildman–Crippen MR) is 101 cm³/mol. The second-order valence-corrected chi connectivity index (χ2v) is 6.58. The number of hydrogen-bond acceptors (Lipinski definition) is 3. The van der Waals surface area contributed by atoms with Crippen molar-refractivity contribution in [3.8, 4) is 16.9 Å². The van der Waals surface area contributed by atoms with Crippen LogP contribution >= 0.6 is 11.3 Å². The van der Waals surface area contributed by atoms with Crippen LogP contribution in [0.4, 0.5) is 9.93 Å². The number of carbonyl (C=O) groups excluding carboxylic acids is 1. The Balaban J connectivity index is 1.62. The van der Waals surface area contributed by atoms with E-state index in [1.807, 2.05) is 49.8 Å². The number of benzene rings is 1. The lowest BCUT2D eigenvalue weighted by Crippen LogP contribution is -2.28. The van der Waals surface area contributed by atoms with Gasteiger partial charge >= 0.3 is 6.03 Å². The van der Waals surface area contributed by atoms with Gasteiger partial charge in [-0.1, -0.05) is 17.4 Å². The molecular formula is C18H17N5OS. The first-order valence-electron chi connectivity index (χ1n) is 8.00. The van der Waals surface area contributed by atoms with E-state index in [1.54, 1.807) is 0 Å². The molecule has 0 spiro atoms. The summed E-state index contributed by atoms with van der Waals surface area (Å²) in [4.78, 5) is 19.4. The lowest BCUT2D eigenvalue weighted by atomic mass is 10.1. The van der Waals surface area contributed by atoms with Gasteiger partial charge in [-0.05, 0) is 42.8 Å². The van der Waals surface area contributed by atoms with E-state index in [2.05, 4.69) is 37.3 Å². The fraction of sp³-hybridized carbons (Fsp3) is 0.111. The SMILES string of the molecule is CCNC(=O)Nc1nc2ccc(-c3cc(-n4cccc4)c[nH]3)cc2s1. The van der Waals surface area contributed by atoms with Gasteiger partial charge in [0.1, 0.15) is 0 Å². The molecule has 25 heavy (non-hydrogen) atoms. The molecule has 0 aliphatic rings. The van der Waals surface area contributed by atoms with Crippen LogP contribution in [0.15, 0.2) is 55.0 Å². The average molecular weight is 351 g/mol. The highest BCUT2D eigenvalue weighted by Gasteiger charge is 2.09. The molecule has 3 aromatic heterocycles. The van der Waals surface area contributed by atoms with Gasteiger partial charge in [-0.25, -0.2) is 9.78 Å². The minimum absolute atomic E-state index is 0.234. The van der Waals surface area contributed by atoms with E-state index in [1.165, 1.54) is 11.3 Å². The second-order valence-electron chi connectivity index (χ2n) is 5.55. The third-order valence-electron chi connectivity index (χ3n) is 3.83. The predicted octanol–water partition coefficient (Wildman–Crippen LogP) is 4.22. The summed E-state index contributed by atoms with van der Waals surface area (Å²) in [5, 5.41) is 6.06. The van der Waals surface area contributed by atoms with Gasteiger partial charge in [-0.15, -0.1) is 0 Å². The summed E-state index contributed by atoms with van der Waals surface area (Å²) in [7, 11) is 0. The molecule has 0 aliphatic heterocycles. The standard InChI is InChI=1S/C18H17N5OS/c1-2-19-17(24)22-18-21-14-6-5-12(9-16(14)25-18)15-10-13(11-20-15)23-7-3-4-8-23/h3-11,20H,2H2,1H3,(H2,19,21,22,24). The molecule has 0 radical (unpaired) electrons. The van der Waals surface area contributed by atoms with Crippen molar-refractivity contribution in [2.24, 2.45) is 0 Å². The first-order chi connectivity index (χ1) is 12.2. The summed E-state index contributed by atoms with van der Waals surface area (Å²) in [6.07, 6.45) is 6.01. The maximum absolute atomic E-state index is 11.6. The van der Waals surface area contributed by atoms with Crippen LogP contribution in [0, 0.1) is 0 Å². The van der Waals surface area contributed by atoms with Crippen LogP contribution in [0.5, 0.6) is 0 Å².